The second-order valence-corrected chi connectivity index (χ2v) is 4.00. The van der Waals surface area contributed by atoms with E-state index in [4.69, 9.17) is 5.11 Å². The number of hydrogen-bond acceptors (Lipinski definition) is 2. The van der Waals surface area contributed by atoms with Crippen LogP contribution in [0.3, 0.4) is 0 Å². The maximum atomic E-state index is 12.8. The van der Waals surface area contributed by atoms with Crippen LogP contribution in [0.4, 0.5) is 22.0 Å². The molecule has 104 valence electrons. The van der Waals surface area contributed by atoms with Crippen molar-refractivity contribution >= 4 is 11.9 Å². The van der Waals surface area contributed by atoms with Gasteiger partial charge in [0.25, 0.3) is 0 Å². The number of carbonyl (C=O) groups is 2. The van der Waals surface area contributed by atoms with Gasteiger partial charge in [0.15, 0.2) is 0 Å². The highest BCUT2D eigenvalue weighted by atomic mass is 19.4. The van der Waals surface area contributed by atoms with Crippen molar-refractivity contribution in [3.63, 3.8) is 0 Å². The molecule has 0 spiro atoms. The van der Waals surface area contributed by atoms with Crippen LogP contribution in [-0.4, -0.2) is 47.1 Å². The molecule has 1 atom stereocenters. The van der Waals surface area contributed by atoms with Crippen LogP contribution in [0, 0.1) is 5.92 Å². The second-order valence-electron chi connectivity index (χ2n) is 4.00. The lowest BCUT2D eigenvalue weighted by atomic mass is 9.98. The van der Waals surface area contributed by atoms with Crippen molar-refractivity contribution in [2.45, 2.75) is 24.9 Å². The predicted octanol–water partition coefficient (Wildman–Crippen LogP) is 1.51. The minimum absolute atomic E-state index is 0.0800. The minimum atomic E-state index is -5.97. The van der Waals surface area contributed by atoms with Crippen molar-refractivity contribution < 1.29 is 36.6 Å². The first kappa shape index (κ1) is 14.7. The summed E-state index contributed by atoms with van der Waals surface area (Å²) in [7, 11) is 0. The van der Waals surface area contributed by atoms with Gasteiger partial charge in [-0.25, -0.2) is 0 Å². The average molecular weight is 275 g/mol. The molecule has 1 rings (SSSR count). The molecule has 1 heterocycles. The number of carboxylic acid groups (broad SMARTS) is 1. The lowest BCUT2D eigenvalue weighted by Gasteiger charge is -2.33. The van der Waals surface area contributed by atoms with Crippen LogP contribution in [0.5, 0.6) is 0 Å². The molecule has 0 aromatic rings. The molecule has 1 saturated heterocycles. The minimum Gasteiger partial charge on any atom is -0.481 e. The summed E-state index contributed by atoms with van der Waals surface area (Å²) >= 11 is 0. The van der Waals surface area contributed by atoms with E-state index in [0.717, 1.165) is 0 Å². The summed E-state index contributed by atoms with van der Waals surface area (Å²) in [5.74, 6) is -10.3. The fourth-order valence-electron chi connectivity index (χ4n) is 1.68. The normalized spacial score (nSPS) is 21.8. The molecule has 1 amide bonds. The summed E-state index contributed by atoms with van der Waals surface area (Å²) in [4.78, 5) is 22.0. The van der Waals surface area contributed by atoms with Crippen molar-refractivity contribution in [3.05, 3.63) is 0 Å². The summed E-state index contributed by atoms with van der Waals surface area (Å²) in [6.45, 7) is -0.923. The molecule has 0 aliphatic carbocycles. The van der Waals surface area contributed by atoms with Gasteiger partial charge in [-0.05, 0) is 12.8 Å². The maximum absolute atomic E-state index is 12.8. The Labute approximate surface area is 98.4 Å². The largest absolute Gasteiger partial charge is 0.481 e. The summed E-state index contributed by atoms with van der Waals surface area (Å²) in [6.07, 6.45) is -5.74. The lowest BCUT2D eigenvalue weighted by Crippen LogP contribution is -2.55. The van der Waals surface area contributed by atoms with E-state index < -0.39 is 36.4 Å². The van der Waals surface area contributed by atoms with Gasteiger partial charge in [0.1, 0.15) is 0 Å². The van der Waals surface area contributed by atoms with Gasteiger partial charge >= 0.3 is 24.0 Å². The molecule has 1 aliphatic rings. The van der Waals surface area contributed by atoms with Crippen LogP contribution >= 0.6 is 0 Å². The van der Waals surface area contributed by atoms with E-state index in [1.165, 1.54) is 0 Å². The van der Waals surface area contributed by atoms with E-state index in [1.807, 2.05) is 0 Å². The molecule has 4 nitrogen and oxygen atoms in total. The fraction of sp³-hybridized carbons (Fsp3) is 0.778. The Morgan fingerprint density at radius 1 is 1.17 bits per heavy atom. The standard InChI is InChI=1S/C9H10F5NO3/c10-8(11,9(12,13)14)7(18)15-3-1-2-5(4-15)6(16)17/h5H,1-4H2,(H,16,17)/t5-/m1/s1. The van der Waals surface area contributed by atoms with Crippen molar-refractivity contribution in [3.8, 4) is 0 Å². The molecule has 0 radical (unpaired) electrons. The molecule has 1 aliphatic heterocycles. The highest BCUT2D eigenvalue weighted by molar-refractivity contribution is 5.85. The second kappa shape index (κ2) is 4.69. The van der Waals surface area contributed by atoms with Crippen molar-refractivity contribution in [2.24, 2.45) is 5.92 Å². The molecule has 0 aromatic heterocycles. The number of nitrogens with zero attached hydrogens (tertiary/aromatic N) is 1. The Hall–Kier alpha value is -1.41. The number of piperidine rings is 1. The van der Waals surface area contributed by atoms with E-state index in [2.05, 4.69) is 0 Å². The Kier molecular flexibility index (Phi) is 3.82. The Balaban J connectivity index is 2.82. The van der Waals surface area contributed by atoms with Crippen molar-refractivity contribution in [1.29, 1.82) is 0 Å². The van der Waals surface area contributed by atoms with Gasteiger partial charge in [-0.15, -0.1) is 0 Å². The van der Waals surface area contributed by atoms with Gasteiger partial charge in [0, 0.05) is 13.1 Å². The molecular weight excluding hydrogens is 265 g/mol. The number of amides is 1. The van der Waals surface area contributed by atoms with Crippen LogP contribution < -0.4 is 0 Å². The van der Waals surface area contributed by atoms with Crippen LogP contribution in [0.1, 0.15) is 12.8 Å². The highest BCUT2D eigenvalue weighted by Gasteiger charge is 2.64. The van der Waals surface area contributed by atoms with Gasteiger partial charge in [0.2, 0.25) is 0 Å². The number of carbonyl (C=O) groups excluding carboxylic acids is 1. The quantitative estimate of drug-likeness (QED) is 0.777. The molecule has 0 unspecified atom stereocenters. The third-order valence-corrected chi connectivity index (χ3v) is 2.68. The third-order valence-electron chi connectivity index (χ3n) is 2.68. The summed E-state index contributed by atoms with van der Waals surface area (Å²) < 4.78 is 61.5. The zero-order chi connectivity index (χ0) is 14.1. The number of rotatable bonds is 2. The lowest BCUT2D eigenvalue weighted by molar-refractivity contribution is -0.274. The van der Waals surface area contributed by atoms with Crippen LogP contribution in [0.2, 0.25) is 0 Å². The number of carboxylic acids is 1. The van der Waals surface area contributed by atoms with Crippen molar-refractivity contribution in [2.75, 3.05) is 13.1 Å². The summed E-state index contributed by atoms with van der Waals surface area (Å²) in [5, 5.41) is 8.65. The van der Waals surface area contributed by atoms with Gasteiger partial charge in [-0.3, -0.25) is 9.59 Å². The van der Waals surface area contributed by atoms with E-state index >= 15 is 0 Å². The topological polar surface area (TPSA) is 57.6 Å². The predicted molar refractivity (Wildman–Crippen MR) is 47.9 cm³/mol. The van der Waals surface area contributed by atoms with Crippen molar-refractivity contribution in [1.82, 2.24) is 4.90 Å². The molecule has 0 bridgehead atoms. The molecule has 1 N–H and O–H groups in total. The first-order valence-electron chi connectivity index (χ1n) is 5.04. The monoisotopic (exact) mass is 275 g/mol. The smallest absolute Gasteiger partial charge is 0.463 e. The molecule has 0 saturated carbocycles. The van der Waals surface area contributed by atoms with Crippen LogP contribution in [0.25, 0.3) is 0 Å². The van der Waals surface area contributed by atoms with Gasteiger partial charge in [-0.2, -0.15) is 22.0 Å². The number of likely N-dealkylation sites (tertiary alicyclic amines) is 1. The molecule has 1 fully saturated rings. The summed E-state index contributed by atoms with van der Waals surface area (Å²) in [6, 6.07) is 0. The zero-order valence-corrected chi connectivity index (χ0v) is 9.01. The Bertz CT molecular complexity index is 355. The Morgan fingerprint density at radius 3 is 2.17 bits per heavy atom. The van der Waals surface area contributed by atoms with E-state index in [1.54, 1.807) is 0 Å². The SMILES string of the molecule is O=C(O)[C@@H]1CCCN(C(=O)C(F)(F)C(F)(F)F)C1. The first-order chi connectivity index (χ1) is 8.07. The van der Waals surface area contributed by atoms with Gasteiger partial charge in [-0.1, -0.05) is 0 Å². The van der Waals surface area contributed by atoms with E-state index in [0.29, 0.717) is 0 Å². The third kappa shape index (κ3) is 2.70. The molecular formula is C9H10F5NO3. The maximum Gasteiger partial charge on any atom is 0.463 e. The van der Waals surface area contributed by atoms with E-state index in [9.17, 15) is 31.5 Å². The number of hydrogen-bond donors (Lipinski definition) is 1. The zero-order valence-electron chi connectivity index (χ0n) is 9.01. The molecule has 0 aromatic carbocycles. The number of aliphatic carboxylic acids is 1. The molecule has 9 heteroatoms. The van der Waals surface area contributed by atoms with Crippen LogP contribution in [0.15, 0.2) is 0 Å². The average Bonchev–Trinajstić information content (AvgIpc) is 2.26. The van der Waals surface area contributed by atoms with Gasteiger partial charge in [0.05, 0.1) is 5.92 Å². The van der Waals surface area contributed by atoms with Gasteiger partial charge < -0.3 is 10.0 Å². The number of alkyl halides is 5. The van der Waals surface area contributed by atoms with E-state index in [-0.39, 0.29) is 24.3 Å². The Morgan fingerprint density at radius 2 is 1.72 bits per heavy atom. The summed E-state index contributed by atoms with van der Waals surface area (Å²) in [5.41, 5.74) is 0. The number of halogens is 5. The molecule has 18 heavy (non-hydrogen) atoms. The fourth-order valence-corrected chi connectivity index (χ4v) is 1.68. The van der Waals surface area contributed by atoms with Crippen LogP contribution in [-0.2, 0) is 9.59 Å². The highest BCUT2D eigenvalue weighted by Crippen LogP contribution is 2.37. The first-order valence-corrected chi connectivity index (χ1v) is 5.04.